The number of carbonyl (C=O) groups is 1. The number of amides is 1. The molecule has 0 radical (unpaired) electrons. The van der Waals surface area contributed by atoms with E-state index in [1.54, 1.807) is 7.11 Å². The fourth-order valence-electron chi connectivity index (χ4n) is 2.58. The highest BCUT2D eigenvalue weighted by Crippen LogP contribution is 2.32. The molecule has 0 atom stereocenters. The van der Waals surface area contributed by atoms with Gasteiger partial charge in [0.25, 0.3) is 0 Å². The van der Waals surface area contributed by atoms with Gasteiger partial charge in [-0.25, -0.2) is 0 Å². The van der Waals surface area contributed by atoms with Crippen LogP contribution in [0.2, 0.25) is 0 Å². The minimum absolute atomic E-state index is 0.0776. The summed E-state index contributed by atoms with van der Waals surface area (Å²) in [5.41, 5.74) is 3.01. The van der Waals surface area contributed by atoms with Crippen LogP contribution in [0.4, 0.5) is 11.4 Å². The van der Waals surface area contributed by atoms with Gasteiger partial charge in [-0.05, 0) is 30.2 Å². The maximum absolute atomic E-state index is 11.3. The van der Waals surface area contributed by atoms with Crippen molar-refractivity contribution in [2.24, 2.45) is 0 Å². The van der Waals surface area contributed by atoms with Gasteiger partial charge < -0.3 is 15.0 Å². The van der Waals surface area contributed by atoms with E-state index >= 15 is 0 Å². The summed E-state index contributed by atoms with van der Waals surface area (Å²) >= 11 is 0. The van der Waals surface area contributed by atoms with Crippen LogP contribution in [0.1, 0.15) is 25.8 Å². The smallest absolute Gasteiger partial charge is 0.221 e. The van der Waals surface area contributed by atoms with Gasteiger partial charge in [-0.1, -0.05) is 37.3 Å². The van der Waals surface area contributed by atoms with Crippen LogP contribution in [0, 0.1) is 0 Å². The zero-order chi connectivity index (χ0) is 16.7. The average molecular weight is 312 g/mol. The maximum atomic E-state index is 11.3. The molecule has 0 aliphatic heterocycles. The van der Waals surface area contributed by atoms with Crippen LogP contribution in [-0.2, 0) is 11.3 Å². The number of rotatable bonds is 7. The molecule has 0 heterocycles. The minimum atomic E-state index is -0.0776. The molecule has 2 rings (SSSR count). The van der Waals surface area contributed by atoms with Crippen molar-refractivity contribution < 1.29 is 9.53 Å². The van der Waals surface area contributed by atoms with E-state index in [1.807, 2.05) is 36.4 Å². The quantitative estimate of drug-likeness (QED) is 0.838. The number of ether oxygens (including phenoxy) is 1. The number of nitrogens with zero attached hydrogens (tertiary/aromatic N) is 1. The molecule has 4 nitrogen and oxygen atoms in total. The number of benzene rings is 2. The topological polar surface area (TPSA) is 41.6 Å². The number of carbonyl (C=O) groups excluding carboxylic acids is 1. The molecule has 0 aliphatic carbocycles. The predicted octanol–water partition coefficient (Wildman–Crippen LogP) is 4.07. The Hall–Kier alpha value is -2.49. The first kappa shape index (κ1) is 16.9. The number of hydrogen-bond donors (Lipinski definition) is 1. The van der Waals surface area contributed by atoms with Gasteiger partial charge >= 0.3 is 0 Å². The van der Waals surface area contributed by atoms with Crippen LogP contribution in [-0.4, -0.2) is 19.6 Å². The zero-order valence-corrected chi connectivity index (χ0v) is 14.0. The second kappa shape index (κ2) is 8.22. The molecular weight excluding hydrogens is 288 g/mol. The first-order valence-electron chi connectivity index (χ1n) is 7.88. The van der Waals surface area contributed by atoms with E-state index in [4.69, 9.17) is 4.74 Å². The Labute approximate surface area is 138 Å². The molecule has 0 bridgehead atoms. The normalized spacial score (nSPS) is 10.2. The molecule has 2 aromatic carbocycles. The number of nitrogens with one attached hydrogen (secondary N) is 1. The van der Waals surface area contributed by atoms with Gasteiger partial charge in [-0.3, -0.25) is 4.79 Å². The third-order valence-corrected chi connectivity index (χ3v) is 3.55. The van der Waals surface area contributed by atoms with Crippen LogP contribution >= 0.6 is 0 Å². The summed E-state index contributed by atoms with van der Waals surface area (Å²) in [6.45, 7) is 5.38. The fourth-order valence-corrected chi connectivity index (χ4v) is 2.58. The van der Waals surface area contributed by atoms with Crippen molar-refractivity contribution in [1.29, 1.82) is 0 Å². The first-order chi connectivity index (χ1) is 11.1. The molecule has 0 aromatic heterocycles. The Morgan fingerprint density at radius 3 is 2.52 bits per heavy atom. The molecule has 0 aliphatic rings. The van der Waals surface area contributed by atoms with E-state index < -0.39 is 0 Å². The Balaban J connectivity index is 2.34. The highest BCUT2D eigenvalue weighted by molar-refractivity contribution is 5.89. The molecule has 0 unspecified atom stereocenters. The number of methoxy groups -OCH3 is 1. The van der Waals surface area contributed by atoms with Crippen molar-refractivity contribution in [3.8, 4) is 5.75 Å². The number of anilines is 2. The van der Waals surface area contributed by atoms with E-state index in [1.165, 1.54) is 12.5 Å². The standard InChI is InChI=1S/C19H24N2O2/c1-4-12-21(14-16-8-6-5-7-9-16)18-13-17(20-15(2)22)10-11-19(18)23-3/h5-11,13H,4,12,14H2,1-3H3,(H,20,22). The van der Waals surface area contributed by atoms with Crippen molar-refractivity contribution >= 4 is 17.3 Å². The van der Waals surface area contributed by atoms with Crippen LogP contribution in [0.25, 0.3) is 0 Å². The van der Waals surface area contributed by atoms with Gasteiger partial charge in [0.1, 0.15) is 5.75 Å². The Morgan fingerprint density at radius 1 is 1.17 bits per heavy atom. The zero-order valence-electron chi connectivity index (χ0n) is 14.0. The molecule has 0 saturated carbocycles. The lowest BCUT2D eigenvalue weighted by molar-refractivity contribution is -0.114. The second-order valence-corrected chi connectivity index (χ2v) is 5.47. The van der Waals surface area contributed by atoms with Crippen molar-refractivity contribution in [2.45, 2.75) is 26.8 Å². The molecule has 0 saturated heterocycles. The van der Waals surface area contributed by atoms with Gasteiger partial charge in [0.2, 0.25) is 5.91 Å². The highest BCUT2D eigenvalue weighted by Gasteiger charge is 2.13. The van der Waals surface area contributed by atoms with Gasteiger partial charge in [0.15, 0.2) is 0 Å². The predicted molar refractivity (Wildman–Crippen MR) is 95.1 cm³/mol. The summed E-state index contributed by atoms with van der Waals surface area (Å²) in [7, 11) is 1.67. The average Bonchev–Trinajstić information content (AvgIpc) is 2.55. The van der Waals surface area contributed by atoms with Crippen LogP contribution < -0.4 is 15.0 Å². The molecule has 0 fully saturated rings. The molecule has 4 heteroatoms. The van der Waals surface area contributed by atoms with Crippen LogP contribution in [0.3, 0.4) is 0 Å². The Morgan fingerprint density at radius 2 is 1.91 bits per heavy atom. The SMILES string of the molecule is CCCN(Cc1ccccc1)c1cc(NC(C)=O)ccc1OC. The molecule has 1 amide bonds. The summed E-state index contributed by atoms with van der Waals surface area (Å²) in [5, 5.41) is 2.84. The summed E-state index contributed by atoms with van der Waals surface area (Å²) in [6.07, 6.45) is 1.03. The van der Waals surface area contributed by atoms with Crippen molar-refractivity contribution in [3.63, 3.8) is 0 Å². The van der Waals surface area contributed by atoms with Crippen molar-refractivity contribution in [1.82, 2.24) is 0 Å². The summed E-state index contributed by atoms with van der Waals surface area (Å²) in [6, 6.07) is 16.1. The van der Waals surface area contributed by atoms with Gasteiger partial charge in [-0.2, -0.15) is 0 Å². The fraction of sp³-hybridized carbons (Fsp3) is 0.316. The Kier molecular flexibility index (Phi) is 6.03. The molecule has 2 aromatic rings. The van der Waals surface area contributed by atoms with Crippen molar-refractivity contribution in [2.75, 3.05) is 23.9 Å². The highest BCUT2D eigenvalue weighted by atomic mass is 16.5. The maximum Gasteiger partial charge on any atom is 0.221 e. The molecule has 23 heavy (non-hydrogen) atoms. The monoisotopic (exact) mass is 312 g/mol. The lowest BCUT2D eigenvalue weighted by atomic mass is 10.1. The van der Waals surface area contributed by atoms with Crippen molar-refractivity contribution in [3.05, 3.63) is 54.1 Å². The van der Waals surface area contributed by atoms with Crippen LogP contribution in [0.15, 0.2) is 48.5 Å². The third-order valence-electron chi connectivity index (χ3n) is 3.55. The second-order valence-electron chi connectivity index (χ2n) is 5.47. The van der Waals surface area contributed by atoms with E-state index in [-0.39, 0.29) is 5.91 Å². The van der Waals surface area contributed by atoms with E-state index in [0.29, 0.717) is 0 Å². The van der Waals surface area contributed by atoms with Gasteiger partial charge in [-0.15, -0.1) is 0 Å². The Bertz CT molecular complexity index is 641. The first-order valence-corrected chi connectivity index (χ1v) is 7.88. The molecule has 1 N–H and O–H groups in total. The lowest BCUT2D eigenvalue weighted by Gasteiger charge is -2.27. The van der Waals surface area contributed by atoms with E-state index in [9.17, 15) is 4.79 Å². The summed E-state index contributed by atoms with van der Waals surface area (Å²) in [4.78, 5) is 13.6. The molecule has 0 spiro atoms. The minimum Gasteiger partial charge on any atom is -0.495 e. The van der Waals surface area contributed by atoms with Crippen LogP contribution in [0.5, 0.6) is 5.75 Å². The third kappa shape index (κ3) is 4.74. The lowest BCUT2D eigenvalue weighted by Crippen LogP contribution is -2.24. The molecule has 122 valence electrons. The van der Waals surface area contributed by atoms with Gasteiger partial charge in [0, 0.05) is 25.7 Å². The summed E-state index contributed by atoms with van der Waals surface area (Å²) in [5.74, 6) is 0.731. The number of hydrogen-bond acceptors (Lipinski definition) is 3. The van der Waals surface area contributed by atoms with E-state index in [2.05, 4.69) is 29.3 Å². The van der Waals surface area contributed by atoms with E-state index in [0.717, 1.165) is 36.6 Å². The summed E-state index contributed by atoms with van der Waals surface area (Å²) < 4.78 is 5.52. The van der Waals surface area contributed by atoms with Gasteiger partial charge in [0.05, 0.1) is 12.8 Å². The largest absolute Gasteiger partial charge is 0.495 e. The molecular formula is C19H24N2O2.